The predicted octanol–water partition coefficient (Wildman–Crippen LogP) is 10.6. The molecule has 2 aliphatic rings. The smallest absolute Gasteiger partial charge is 0.247 e. The molecule has 0 radical (unpaired) electrons. The maximum absolute atomic E-state index is 2.66. The number of benzene rings is 7. The average molecular weight is 805 g/mol. The topological polar surface area (TPSA) is 9.86 Å². The summed E-state index contributed by atoms with van der Waals surface area (Å²) in [5, 5.41) is 5.39. The molecule has 0 amide bonds. The first-order valence-electron chi connectivity index (χ1n) is 22.8. The van der Waals surface area contributed by atoms with Gasteiger partial charge in [0.15, 0.2) is 0 Å². The molecule has 7 aromatic carbocycles. The molecule has 2 aromatic heterocycles. The summed E-state index contributed by atoms with van der Waals surface area (Å²) < 4.78 is 5.32. The lowest BCUT2D eigenvalue weighted by atomic mass is 9.31. The number of hydrogen-bond acceptors (Lipinski definition) is 0. The fourth-order valence-electron chi connectivity index (χ4n) is 12.2. The molecule has 0 saturated carbocycles. The van der Waals surface area contributed by atoms with E-state index in [1.165, 1.54) is 143 Å². The van der Waals surface area contributed by atoms with Crippen LogP contribution in [0.15, 0.2) is 97.1 Å². The molecular weight excluding hydrogens is 746 g/mol. The fraction of sp³-hybridized carbons (Fsp3) is 0.276. The molecule has 2 aliphatic heterocycles. The van der Waals surface area contributed by atoms with Gasteiger partial charge in [0.1, 0.15) is 0 Å². The van der Waals surface area contributed by atoms with Crippen LogP contribution < -0.4 is 32.8 Å². The Balaban J connectivity index is 1.37. The van der Waals surface area contributed by atoms with Gasteiger partial charge < -0.3 is 9.13 Å². The van der Waals surface area contributed by atoms with E-state index in [2.05, 4.69) is 203 Å². The first-order chi connectivity index (χ1) is 29.3. The summed E-state index contributed by atoms with van der Waals surface area (Å²) in [5.74, 6) is 0. The van der Waals surface area contributed by atoms with Crippen LogP contribution in [0.2, 0.25) is 0 Å². The lowest BCUT2D eigenvalue weighted by Gasteiger charge is -2.35. The standard InChI is InChI=1S/C58H58B2N2/c1-31-15-17-49-41(23-31)44-27-40(58(12,13)14)28-48-56(44)61(49)52-29-45-51(30-46(52)60(48)54-37(7)21-33(3)22-38(54)8)62-50-18-16-39(57(9,10)11)26-42(50)43-24-34(4)25-47(55(43)62)59(45)53-35(5)19-32(2)20-36(53)6/h15-30H,1-14H3. The zero-order valence-electron chi connectivity index (χ0n) is 39.3. The van der Waals surface area contributed by atoms with Crippen molar-refractivity contribution in [2.24, 2.45) is 0 Å². The molecule has 0 saturated heterocycles. The van der Waals surface area contributed by atoms with Gasteiger partial charge in [-0.1, -0.05) is 146 Å². The molecule has 11 rings (SSSR count). The molecule has 0 atom stereocenters. The van der Waals surface area contributed by atoms with Crippen LogP contribution in [0, 0.1) is 55.4 Å². The van der Waals surface area contributed by atoms with E-state index >= 15 is 0 Å². The van der Waals surface area contributed by atoms with Crippen molar-refractivity contribution in [3.63, 3.8) is 0 Å². The van der Waals surface area contributed by atoms with Gasteiger partial charge >= 0.3 is 0 Å². The number of rotatable bonds is 2. The van der Waals surface area contributed by atoms with Gasteiger partial charge in [-0.2, -0.15) is 0 Å². The quantitative estimate of drug-likeness (QED) is 0.154. The number of nitrogens with zero attached hydrogens (tertiary/aromatic N) is 2. The van der Waals surface area contributed by atoms with Crippen LogP contribution in [-0.4, -0.2) is 22.6 Å². The van der Waals surface area contributed by atoms with E-state index in [4.69, 9.17) is 0 Å². The van der Waals surface area contributed by atoms with Crippen molar-refractivity contribution >= 4 is 89.8 Å². The van der Waals surface area contributed by atoms with Gasteiger partial charge in [-0.3, -0.25) is 0 Å². The van der Waals surface area contributed by atoms with Crippen LogP contribution in [0.5, 0.6) is 0 Å². The Bertz CT molecular complexity index is 3420. The van der Waals surface area contributed by atoms with E-state index in [9.17, 15) is 0 Å². The molecular formula is C58H58B2N2. The summed E-state index contributed by atoms with van der Waals surface area (Å²) >= 11 is 0. The summed E-state index contributed by atoms with van der Waals surface area (Å²) in [6.07, 6.45) is 0. The Morgan fingerprint density at radius 2 is 0.758 bits per heavy atom. The second-order valence-corrected chi connectivity index (χ2v) is 21.6. The van der Waals surface area contributed by atoms with E-state index in [0.29, 0.717) is 0 Å². The summed E-state index contributed by atoms with van der Waals surface area (Å²) in [6.45, 7) is 32.6. The van der Waals surface area contributed by atoms with Gasteiger partial charge in [-0.25, -0.2) is 0 Å². The summed E-state index contributed by atoms with van der Waals surface area (Å²) in [6, 6.07) is 39.4. The molecule has 4 heterocycles. The first-order valence-corrected chi connectivity index (χ1v) is 22.8. The molecule has 0 N–H and O–H groups in total. The van der Waals surface area contributed by atoms with Crippen molar-refractivity contribution in [1.29, 1.82) is 0 Å². The molecule has 0 unspecified atom stereocenters. The van der Waals surface area contributed by atoms with Crippen molar-refractivity contribution in [3.8, 4) is 11.4 Å². The summed E-state index contributed by atoms with van der Waals surface area (Å²) in [7, 11) is 0. The van der Waals surface area contributed by atoms with Crippen molar-refractivity contribution < 1.29 is 0 Å². The van der Waals surface area contributed by atoms with Crippen LogP contribution in [0.1, 0.15) is 97.2 Å². The van der Waals surface area contributed by atoms with Gasteiger partial charge in [0.05, 0.1) is 11.0 Å². The fourth-order valence-corrected chi connectivity index (χ4v) is 12.2. The highest BCUT2D eigenvalue weighted by molar-refractivity contribution is 7.00. The van der Waals surface area contributed by atoms with Crippen molar-refractivity contribution in [2.45, 2.75) is 108 Å². The largest absolute Gasteiger partial charge is 0.310 e. The van der Waals surface area contributed by atoms with Crippen molar-refractivity contribution in [3.05, 3.63) is 153 Å². The van der Waals surface area contributed by atoms with Gasteiger partial charge in [0.25, 0.3) is 0 Å². The lowest BCUT2D eigenvalue weighted by molar-refractivity contribution is 0.591. The van der Waals surface area contributed by atoms with Crippen molar-refractivity contribution in [1.82, 2.24) is 9.13 Å². The Hall–Kier alpha value is -5.73. The van der Waals surface area contributed by atoms with Crippen LogP contribution >= 0.6 is 0 Å². The third-order valence-electron chi connectivity index (χ3n) is 14.8. The lowest BCUT2D eigenvalue weighted by Crippen LogP contribution is -2.61. The van der Waals surface area contributed by atoms with Crippen LogP contribution in [0.4, 0.5) is 0 Å². The second-order valence-electron chi connectivity index (χ2n) is 21.6. The third kappa shape index (κ3) is 5.44. The van der Waals surface area contributed by atoms with Gasteiger partial charge in [0, 0.05) is 44.0 Å². The molecule has 0 bridgehead atoms. The summed E-state index contributed by atoms with van der Waals surface area (Å²) in [5.41, 5.74) is 29.8. The van der Waals surface area contributed by atoms with Crippen LogP contribution in [0.25, 0.3) is 55.0 Å². The monoisotopic (exact) mass is 804 g/mol. The van der Waals surface area contributed by atoms with E-state index in [1.54, 1.807) is 0 Å². The zero-order valence-corrected chi connectivity index (χ0v) is 39.3. The maximum Gasteiger partial charge on any atom is 0.247 e. The average Bonchev–Trinajstić information content (AvgIpc) is 3.68. The van der Waals surface area contributed by atoms with Gasteiger partial charge in [0.2, 0.25) is 13.4 Å². The third-order valence-corrected chi connectivity index (χ3v) is 14.8. The van der Waals surface area contributed by atoms with Crippen LogP contribution in [0.3, 0.4) is 0 Å². The molecule has 62 heavy (non-hydrogen) atoms. The van der Waals surface area contributed by atoms with Gasteiger partial charge in [-0.15, -0.1) is 0 Å². The van der Waals surface area contributed by atoms with E-state index in [1.807, 2.05) is 0 Å². The molecule has 306 valence electrons. The summed E-state index contributed by atoms with van der Waals surface area (Å²) in [4.78, 5) is 0. The van der Waals surface area contributed by atoms with Crippen molar-refractivity contribution in [2.75, 3.05) is 0 Å². The first kappa shape index (κ1) is 39.1. The SMILES string of the molecule is Cc1cc(C)c(B2c3cc4c(cc3-n3c5ccc(C(C)(C)C)cc5c5cc(C)cc2c53)B(c2c(C)cc(C)cc2C)c2cc(C(C)(C)C)cc3c5cc(C)ccc5n-4c23)c(C)c1. The highest BCUT2D eigenvalue weighted by Gasteiger charge is 2.41. The van der Waals surface area contributed by atoms with Gasteiger partial charge in [-0.05, 0) is 148 Å². The minimum atomic E-state index is -0.0264. The maximum atomic E-state index is 2.66. The Kier molecular flexibility index (Phi) is 8.15. The highest BCUT2D eigenvalue weighted by Crippen LogP contribution is 2.40. The van der Waals surface area contributed by atoms with E-state index < -0.39 is 0 Å². The van der Waals surface area contributed by atoms with E-state index in [-0.39, 0.29) is 24.3 Å². The second kappa shape index (κ2) is 12.9. The number of aromatic nitrogens is 2. The Morgan fingerprint density at radius 1 is 0.355 bits per heavy atom. The minimum absolute atomic E-state index is 0.0264. The molecule has 4 heteroatoms. The molecule has 0 fully saturated rings. The van der Waals surface area contributed by atoms with Crippen LogP contribution in [-0.2, 0) is 10.8 Å². The zero-order chi connectivity index (χ0) is 43.6. The molecule has 2 nitrogen and oxygen atoms in total. The predicted molar refractivity (Wildman–Crippen MR) is 273 cm³/mol. The minimum Gasteiger partial charge on any atom is -0.310 e. The number of aryl methyl sites for hydroxylation is 8. The molecule has 9 aromatic rings. The molecule has 0 spiro atoms. The Labute approximate surface area is 369 Å². The van der Waals surface area contributed by atoms with E-state index in [0.717, 1.165) is 0 Å². The number of hydrogen-bond donors (Lipinski definition) is 0. The highest BCUT2D eigenvalue weighted by atomic mass is 15.0. The number of fused-ring (bicyclic) bond motifs is 10. The normalized spacial score (nSPS) is 13.6. The Morgan fingerprint density at radius 3 is 1.26 bits per heavy atom. The molecule has 0 aliphatic carbocycles.